The Labute approximate surface area is 166 Å². The molecular formula is C22H17NO6. The number of ether oxygens (including phenoxy) is 2. The highest BCUT2D eigenvalue weighted by Crippen LogP contribution is 2.23. The first-order valence-corrected chi connectivity index (χ1v) is 8.72. The molecule has 0 radical (unpaired) electrons. The van der Waals surface area contributed by atoms with Gasteiger partial charge in [0, 0.05) is 19.1 Å². The van der Waals surface area contributed by atoms with Gasteiger partial charge in [-0.2, -0.15) is 0 Å². The molecule has 3 rings (SSSR count). The van der Waals surface area contributed by atoms with Crippen LogP contribution in [0, 0.1) is 10.1 Å². The minimum absolute atomic E-state index is 0.0171. The first-order chi connectivity index (χ1) is 13.9. The van der Waals surface area contributed by atoms with Gasteiger partial charge in [-0.05, 0) is 53.1 Å². The molecule has 0 heterocycles. The van der Waals surface area contributed by atoms with Crippen molar-refractivity contribution in [3.8, 4) is 16.9 Å². The SMILES string of the molecule is CC(=O)Oc1ccc(-c2ccc(C(=O)OCc3ccc([N+](=O)[O-])cc3)cc2)cc1. The van der Waals surface area contributed by atoms with Crippen LogP contribution in [0.2, 0.25) is 0 Å². The van der Waals surface area contributed by atoms with Gasteiger partial charge in [-0.1, -0.05) is 24.3 Å². The quantitative estimate of drug-likeness (QED) is 0.265. The number of nitro benzene ring substituents is 1. The van der Waals surface area contributed by atoms with Crippen molar-refractivity contribution in [3.63, 3.8) is 0 Å². The maximum Gasteiger partial charge on any atom is 0.338 e. The van der Waals surface area contributed by atoms with Gasteiger partial charge in [-0.3, -0.25) is 14.9 Å². The van der Waals surface area contributed by atoms with E-state index in [2.05, 4.69) is 0 Å². The Morgan fingerprint density at radius 3 is 1.93 bits per heavy atom. The normalized spacial score (nSPS) is 10.2. The van der Waals surface area contributed by atoms with Crippen LogP contribution in [0.5, 0.6) is 5.75 Å². The summed E-state index contributed by atoms with van der Waals surface area (Å²) in [7, 11) is 0. The molecule has 0 saturated carbocycles. The van der Waals surface area contributed by atoms with E-state index in [4.69, 9.17) is 9.47 Å². The van der Waals surface area contributed by atoms with E-state index in [1.54, 1.807) is 48.5 Å². The maximum atomic E-state index is 12.2. The molecular weight excluding hydrogens is 374 g/mol. The monoisotopic (exact) mass is 391 g/mol. The summed E-state index contributed by atoms with van der Waals surface area (Å²) in [5, 5.41) is 10.7. The predicted molar refractivity (Wildman–Crippen MR) is 105 cm³/mol. The number of benzene rings is 3. The number of carbonyl (C=O) groups is 2. The molecule has 146 valence electrons. The third-order valence-electron chi connectivity index (χ3n) is 4.09. The summed E-state index contributed by atoms with van der Waals surface area (Å²) < 4.78 is 10.3. The van der Waals surface area contributed by atoms with Crippen molar-refractivity contribution >= 4 is 17.6 Å². The zero-order valence-electron chi connectivity index (χ0n) is 15.5. The number of non-ortho nitro benzene ring substituents is 1. The van der Waals surface area contributed by atoms with Crippen LogP contribution in [0.15, 0.2) is 72.8 Å². The van der Waals surface area contributed by atoms with E-state index in [0.29, 0.717) is 16.9 Å². The van der Waals surface area contributed by atoms with E-state index in [0.717, 1.165) is 11.1 Å². The van der Waals surface area contributed by atoms with E-state index >= 15 is 0 Å². The van der Waals surface area contributed by atoms with E-state index in [1.165, 1.54) is 19.1 Å². The molecule has 3 aromatic rings. The molecule has 0 aromatic heterocycles. The van der Waals surface area contributed by atoms with Gasteiger partial charge in [0.15, 0.2) is 0 Å². The molecule has 0 atom stereocenters. The number of carbonyl (C=O) groups excluding carboxylic acids is 2. The van der Waals surface area contributed by atoms with Gasteiger partial charge in [-0.25, -0.2) is 4.79 Å². The van der Waals surface area contributed by atoms with Crippen LogP contribution in [0.1, 0.15) is 22.8 Å². The van der Waals surface area contributed by atoms with Gasteiger partial charge in [-0.15, -0.1) is 0 Å². The molecule has 7 heteroatoms. The molecule has 0 aliphatic heterocycles. The topological polar surface area (TPSA) is 95.7 Å². The van der Waals surface area contributed by atoms with Crippen molar-refractivity contribution in [2.75, 3.05) is 0 Å². The fourth-order valence-electron chi connectivity index (χ4n) is 2.63. The minimum atomic E-state index is -0.486. The van der Waals surface area contributed by atoms with Gasteiger partial charge in [0.05, 0.1) is 10.5 Å². The molecule has 0 N–H and O–H groups in total. The average molecular weight is 391 g/mol. The third-order valence-corrected chi connectivity index (χ3v) is 4.09. The lowest BCUT2D eigenvalue weighted by molar-refractivity contribution is -0.384. The van der Waals surface area contributed by atoms with Crippen molar-refractivity contribution in [1.82, 2.24) is 0 Å². The molecule has 0 fully saturated rings. The summed E-state index contributed by atoms with van der Waals surface area (Å²) in [5.74, 6) is -0.401. The molecule has 29 heavy (non-hydrogen) atoms. The zero-order chi connectivity index (χ0) is 20.8. The summed E-state index contributed by atoms with van der Waals surface area (Å²) in [6.45, 7) is 1.36. The van der Waals surface area contributed by atoms with Crippen LogP contribution in [-0.2, 0) is 16.1 Å². The third kappa shape index (κ3) is 5.26. The summed E-state index contributed by atoms with van der Waals surface area (Å²) in [5.41, 5.74) is 2.84. The Hall–Kier alpha value is -4.00. The number of hydrogen-bond donors (Lipinski definition) is 0. The van der Waals surface area contributed by atoms with Crippen molar-refractivity contribution in [3.05, 3.63) is 94.0 Å². The van der Waals surface area contributed by atoms with Gasteiger partial charge in [0.25, 0.3) is 5.69 Å². The Balaban J connectivity index is 1.61. The largest absolute Gasteiger partial charge is 0.457 e. The summed E-state index contributed by atoms with van der Waals surface area (Å²) in [6.07, 6.45) is 0. The van der Waals surface area contributed by atoms with Crippen LogP contribution >= 0.6 is 0 Å². The van der Waals surface area contributed by atoms with Crippen molar-refractivity contribution < 1.29 is 24.0 Å². The van der Waals surface area contributed by atoms with Crippen LogP contribution in [-0.4, -0.2) is 16.9 Å². The van der Waals surface area contributed by atoms with Crippen LogP contribution < -0.4 is 4.74 Å². The number of hydrogen-bond acceptors (Lipinski definition) is 6. The molecule has 7 nitrogen and oxygen atoms in total. The number of nitrogens with zero attached hydrogens (tertiary/aromatic N) is 1. The molecule has 0 unspecified atom stereocenters. The lowest BCUT2D eigenvalue weighted by atomic mass is 10.0. The fourth-order valence-corrected chi connectivity index (χ4v) is 2.63. The molecule has 0 saturated heterocycles. The van der Waals surface area contributed by atoms with E-state index in [9.17, 15) is 19.7 Å². The minimum Gasteiger partial charge on any atom is -0.457 e. The zero-order valence-corrected chi connectivity index (χ0v) is 15.5. The van der Waals surface area contributed by atoms with E-state index in [1.807, 2.05) is 12.1 Å². The van der Waals surface area contributed by atoms with Gasteiger partial charge in [0.1, 0.15) is 12.4 Å². The van der Waals surface area contributed by atoms with Gasteiger partial charge >= 0.3 is 11.9 Å². The predicted octanol–water partition coefficient (Wildman–Crippen LogP) is 4.54. The van der Waals surface area contributed by atoms with Crippen molar-refractivity contribution in [2.45, 2.75) is 13.5 Å². The van der Waals surface area contributed by atoms with Crippen molar-refractivity contribution in [2.24, 2.45) is 0 Å². The Kier molecular flexibility index (Phi) is 5.99. The van der Waals surface area contributed by atoms with Crippen LogP contribution in [0.4, 0.5) is 5.69 Å². The number of rotatable bonds is 6. The number of esters is 2. The molecule has 0 spiro atoms. The second kappa shape index (κ2) is 8.79. The smallest absolute Gasteiger partial charge is 0.338 e. The van der Waals surface area contributed by atoms with Crippen LogP contribution in [0.25, 0.3) is 11.1 Å². The first kappa shape index (κ1) is 19.8. The Morgan fingerprint density at radius 2 is 1.41 bits per heavy atom. The Bertz CT molecular complexity index is 1020. The second-order valence-corrected chi connectivity index (χ2v) is 6.20. The maximum absolute atomic E-state index is 12.2. The standard InChI is InChI=1S/C22H17NO6/c1-15(24)29-21-12-8-18(9-13-21)17-4-6-19(7-5-17)22(25)28-14-16-2-10-20(11-3-16)23(26)27/h2-13H,14H2,1H3. The summed E-state index contributed by atoms with van der Waals surface area (Å²) in [6, 6.07) is 19.8. The fraction of sp³-hybridized carbons (Fsp3) is 0.0909. The first-order valence-electron chi connectivity index (χ1n) is 8.72. The summed E-state index contributed by atoms with van der Waals surface area (Å²) in [4.78, 5) is 33.3. The lowest BCUT2D eigenvalue weighted by Crippen LogP contribution is -2.05. The number of nitro groups is 1. The highest BCUT2D eigenvalue weighted by atomic mass is 16.6. The van der Waals surface area contributed by atoms with E-state index < -0.39 is 10.9 Å². The molecule has 0 amide bonds. The molecule has 0 bridgehead atoms. The van der Waals surface area contributed by atoms with Crippen LogP contribution in [0.3, 0.4) is 0 Å². The average Bonchev–Trinajstić information content (AvgIpc) is 2.72. The summed E-state index contributed by atoms with van der Waals surface area (Å²) >= 11 is 0. The van der Waals surface area contributed by atoms with Crippen molar-refractivity contribution in [1.29, 1.82) is 0 Å². The van der Waals surface area contributed by atoms with E-state index in [-0.39, 0.29) is 18.3 Å². The lowest BCUT2D eigenvalue weighted by Gasteiger charge is -2.07. The molecule has 0 aliphatic carbocycles. The molecule has 0 aliphatic rings. The van der Waals surface area contributed by atoms with Gasteiger partial charge < -0.3 is 9.47 Å². The van der Waals surface area contributed by atoms with Gasteiger partial charge in [0.2, 0.25) is 0 Å². The highest BCUT2D eigenvalue weighted by molar-refractivity contribution is 5.90. The highest BCUT2D eigenvalue weighted by Gasteiger charge is 2.09. The molecule has 3 aromatic carbocycles. The Morgan fingerprint density at radius 1 is 0.862 bits per heavy atom. The second-order valence-electron chi connectivity index (χ2n) is 6.20.